The molecule has 4 aromatic carbocycles. The largest absolute Gasteiger partial charge is 0.480 e. The van der Waals surface area contributed by atoms with Gasteiger partial charge in [0.2, 0.25) is 5.91 Å². The van der Waals surface area contributed by atoms with Gasteiger partial charge in [-0.05, 0) is 78.1 Å². The summed E-state index contributed by atoms with van der Waals surface area (Å²) < 4.78 is 9.63. The number of aromatic amines is 1. The molecular weight excluding hydrogens is 834 g/mol. The molecule has 1 amide bonds. The van der Waals surface area contributed by atoms with Gasteiger partial charge in [-0.15, -0.1) is 0 Å². The lowest BCUT2D eigenvalue weighted by Crippen LogP contribution is -2.33. The van der Waals surface area contributed by atoms with Crippen LogP contribution in [0.25, 0.3) is 22.3 Å². The summed E-state index contributed by atoms with van der Waals surface area (Å²) in [6.45, 7) is 16.2. The van der Waals surface area contributed by atoms with Gasteiger partial charge in [0.25, 0.3) is 17.0 Å². The van der Waals surface area contributed by atoms with Crippen LogP contribution in [0.3, 0.4) is 0 Å². The molecule has 0 fully saturated rings. The molecule has 0 aliphatic carbocycles. The van der Waals surface area contributed by atoms with Crippen LogP contribution in [0.2, 0.25) is 20.1 Å². The minimum Gasteiger partial charge on any atom is -0.480 e. The monoisotopic (exact) mass is 878 g/mol. The summed E-state index contributed by atoms with van der Waals surface area (Å²) >= 11 is 26.3. The average molecular weight is 881 g/mol. The normalized spacial score (nSPS) is 12.5. The zero-order valence-electron chi connectivity index (χ0n) is 34.0. The Morgan fingerprint density at radius 2 is 1.44 bits per heavy atom. The number of aromatic nitrogens is 4. The van der Waals surface area contributed by atoms with E-state index in [1.165, 1.54) is 24.6 Å². The number of hydrogen-bond donors (Lipinski definition) is 3. The van der Waals surface area contributed by atoms with Crippen LogP contribution in [0, 0.1) is 0 Å². The second kappa shape index (κ2) is 17.0. The van der Waals surface area contributed by atoms with Crippen LogP contribution in [0.15, 0.2) is 82.4 Å². The number of benzene rings is 4. The fourth-order valence-electron chi connectivity index (χ4n) is 6.81. The van der Waals surface area contributed by atoms with Gasteiger partial charge in [0.15, 0.2) is 17.6 Å². The summed E-state index contributed by atoms with van der Waals surface area (Å²) in [6, 6.07) is 20.4. The molecule has 1 unspecified atom stereocenters. The van der Waals surface area contributed by atoms with Crippen LogP contribution in [0.4, 0.5) is 17.2 Å². The maximum Gasteiger partial charge on any atom is 0.299 e. The van der Waals surface area contributed by atoms with E-state index in [2.05, 4.69) is 69.4 Å². The van der Waals surface area contributed by atoms with Gasteiger partial charge < -0.3 is 15.4 Å². The first kappa shape index (κ1) is 43.6. The molecule has 0 radical (unpaired) electrons. The number of ether oxygens (including phenoxy) is 1. The number of halogens is 4. The van der Waals surface area contributed by atoms with Gasteiger partial charge in [0, 0.05) is 17.5 Å². The highest BCUT2D eigenvalue weighted by atomic mass is 35.5. The SMILES string of the molecule is CCC(Oc1ccc(C(C)(C)CC)cc1C(C)(C)CC)C(=O)Nc1cccc(Nc2[nH]n(-c3c(Cl)cc(Cl)cc3Cl)c(=O)c2-n2c(=O)c3ccccc3n2C(C)=O)c1Cl. The zero-order chi connectivity index (χ0) is 43.1. The van der Waals surface area contributed by atoms with E-state index in [1.54, 1.807) is 42.5 Å². The van der Waals surface area contributed by atoms with Crippen LogP contribution in [0.1, 0.15) is 90.6 Å². The van der Waals surface area contributed by atoms with Crippen LogP contribution < -0.4 is 26.5 Å². The maximum atomic E-state index is 14.5. The third-order valence-electron chi connectivity index (χ3n) is 11.0. The van der Waals surface area contributed by atoms with E-state index in [0.29, 0.717) is 12.2 Å². The predicted molar refractivity (Wildman–Crippen MR) is 240 cm³/mol. The number of H-pyrrole nitrogens is 1. The second-order valence-electron chi connectivity index (χ2n) is 15.6. The highest BCUT2D eigenvalue weighted by molar-refractivity contribution is 6.40. The molecule has 1 atom stereocenters. The van der Waals surface area contributed by atoms with Crippen molar-refractivity contribution < 1.29 is 14.3 Å². The quantitative estimate of drug-likeness (QED) is 0.106. The molecule has 6 aromatic rings. The Labute approximate surface area is 362 Å². The Kier molecular flexibility index (Phi) is 12.5. The summed E-state index contributed by atoms with van der Waals surface area (Å²) in [5.41, 5.74) is 1.08. The number of nitrogens with one attached hydrogen (secondary N) is 3. The van der Waals surface area contributed by atoms with Gasteiger partial charge in [0.05, 0.1) is 37.3 Å². The minimum atomic E-state index is -0.870. The van der Waals surface area contributed by atoms with E-state index >= 15 is 0 Å². The summed E-state index contributed by atoms with van der Waals surface area (Å²) in [4.78, 5) is 55.6. The number of carbonyl (C=O) groups is 2. The second-order valence-corrected chi connectivity index (χ2v) is 17.3. The number of fused-ring (bicyclic) bond motifs is 1. The van der Waals surface area contributed by atoms with Gasteiger partial charge in [-0.1, -0.05) is 125 Å². The zero-order valence-corrected chi connectivity index (χ0v) is 37.0. The van der Waals surface area contributed by atoms with E-state index in [-0.39, 0.29) is 70.4 Å². The van der Waals surface area contributed by atoms with Crippen molar-refractivity contribution in [1.82, 2.24) is 19.1 Å². The van der Waals surface area contributed by atoms with Crippen molar-refractivity contribution in [3.8, 4) is 17.1 Å². The first-order valence-corrected chi connectivity index (χ1v) is 20.8. The minimum absolute atomic E-state index is 0.0324. The Bertz CT molecular complexity index is 2700. The highest BCUT2D eigenvalue weighted by Gasteiger charge is 2.31. The fourth-order valence-corrected chi connectivity index (χ4v) is 8.01. The Balaban J connectivity index is 1.41. The van der Waals surface area contributed by atoms with Crippen molar-refractivity contribution in [3.05, 3.63) is 125 Å². The van der Waals surface area contributed by atoms with Gasteiger partial charge in [0.1, 0.15) is 11.4 Å². The van der Waals surface area contributed by atoms with E-state index in [4.69, 9.17) is 51.1 Å². The molecule has 3 N–H and O–H groups in total. The Morgan fingerprint density at radius 1 is 0.797 bits per heavy atom. The average Bonchev–Trinajstić information content (AvgIpc) is 3.66. The molecule has 0 saturated carbocycles. The molecule has 2 heterocycles. The van der Waals surface area contributed by atoms with Crippen LogP contribution in [-0.4, -0.2) is 37.1 Å². The molecule has 15 heteroatoms. The highest BCUT2D eigenvalue weighted by Crippen LogP contribution is 2.40. The Hall–Kier alpha value is -4.94. The van der Waals surface area contributed by atoms with Crippen molar-refractivity contribution >= 4 is 86.3 Å². The van der Waals surface area contributed by atoms with E-state index in [1.807, 2.05) is 13.0 Å². The third kappa shape index (κ3) is 8.31. The summed E-state index contributed by atoms with van der Waals surface area (Å²) in [6.07, 6.45) is 1.32. The number of rotatable bonds is 13. The standard InChI is InChI=1S/C44H46Cl4N6O5/c1-9-34(59-35-20-19-25(43(5,6)10-2)21-28(35)44(7,8)11-3)40(56)50-32-17-14-16-31(36(32)48)49-39-38(42(58)52(51-39)37-29(46)22-26(45)23-30(37)47)54-41(57)27-15-12-13-18-33(27)53(54)24(4)55/h12-23,34,49,51H,9-11H2,1-8H3,(H,50,56). The molecule has 6 rings (SSSR count). The number of nitrogens with zero attached hydrogens (tertiary/aromatic N) is 3. The molecule has 2 aromatic heterocycles. The molecule has 0 aliphatic heterocycles. The molecule has 310 valence electrons. The number of para-hydroxylation sites is 1. The van der Waals surface area contributed by atoms with Crippen LogP contribution in [0.5, 0.6) is 5.75 Å². The summed E-state index contributed by atoms with van der Waals surface area (Å²) in [5.74, 6) is -0.374. The number of carbonyl (C=O) groups excluding carboxylic acids is 2. The van der Waals surface area contributed by atoms with Crippen molar-refractivity contribution in [2.75, 3.05) is 10.6 Å². The van der Waals surface area contributed by atoms with Crippen molar-refractivity contribution in [1.29, 1.82) is 0 Å². The van der Waals surface area contributed by atoms with Crippen molar-refractivity contribution in [2.24, 2.45) is 0 Å². The van der Waals surface area contributed by atoms with E-state index in [0.717, 1.165) is 32.5 Å². The van der Waals surface area contributed by atoms with E-state index in [9.17, 15) is 19.2 Å². The lowest BCUT2D eigenvalue weighted by atomic mass is 9.76. The maximum absolute atomic E-state index is 14.5. The molecule has 11 nitrogen and oxygen atoms in total. The van der Waals surface area contributed by atoms with Gasteiger partial charge >= 0.3 is 0 Å². The van der Waals surface area contributed by atoms with Gasteiger partial charge in [-0.3, -0.25) is 24.3 Å². The van der Waals surface area contributed by atoms with E-state index < -0.39 is 29.0 Å². The molecule has 0 bridgehead atoms. The van der Waals surface area contributed by atoms with Crippen molar-refractivity contribution in [2.45, 2.75) is 91.6 Å². The van der Waals surface area contributed by atoms with Crippen LogP contribution >= 0.6 is 46.4 Å². The molecule has 0 spiro atoms. The van der Waals surface area contributed by atoms with Gasteiger partial charge in [-0.2, -0.15) is 0 Å². The third-order valence-corrected chi connectivity index (χ3v) is 12.2. The number of hydrogen-bond acceptors (Lipinski definition) is 6. The van der Waals surface area contributed by atoms with Gasteiger partial charge in [-0.25, -0.2) is 14.0 Å². The number of anilines is 3. The van der Waals surface area contributed by atoms with Crippen molar-refractivity contribution in [3.63, 3.8) is 0 Å². The van der Waals surface area contributed by atoms with Crippen LogP contribution in [-0.2, 0) is 15.6 Å². The molecule has 0 aliphatic rings. The smallest absolute Gasteiger partial charge is 0.299 e. The molecule has 0 saturated heterocycles. The fraction of sp³-hybridized carbons (Fsp3) is 0.318. The topological polar surface area (TPSA) is 132 Å². The summed E-state index contributed by atoms with van der Waals surface area (Å²) in [5, 5.41) is 9.58. The Morgan fingerprint density at radius 3 is 2.07 bits per heavy atom. The first-order valence-electron chi connectivity index (χ1n) is 19.3. The number of amides is 1. The lowest BCUT2D eigenvalue weighted by Gasteiger charge is -2.31. The molecular formula is C44H46Cl4N6O5. The lowest BCUT2D eigenvalue weighted by molar-refractivity contribution is -0.122. The predicted octanol–water partition coefficient (Wildman–Crippen LogP) is 11.5. The summed E-state index contributed by atoms with van der Waals surface area (Å²) in [7, 11) is 0. The molecule has 59 heavy (non-hydrogen) atoms. The first-order chi connectivity index (χ1) is 27.8.